The molecule has 2 amide bonds. The summed E-state index contributed by atoms with van der Waals surface area (Å²) in [7, 11) is 0. The Labute approximate surface area is 220 Å². The number of rotatable bonds is 8. The Kier molecular flexibility index (Phi) is 8.47. The Balaban J connectivity index is 1.46. The summed E-state index contributed by atoms with van der Waals surface area (Å²) in [5.41, 5.74) is 5.66. The van der Waals surface area contributed by atoms with E-state index in [4.69, 9.17) is 16.0 Å². The van der Waals surface area contributed by atoms with Gasteiger partial charge >= 0.3 is 0 Å². The zero-order valence-electron chi connectivity index (χ0n) is 20.0. The number of hydrogen-bond donors (Lipinski definition) is 2. The lowest BCUT2D eigenvalue weighted by molar-refractivity contribution is -0.117. The lowest BCUT2D eigenvalue weighted by Crippen LogP contribution is -2.32. The van der Waals surface area contributed by atoms with Crippen LogP contribution in [0.3, 0.4) is 0 Å². The van der Waals surface area contributed by atoms with Gasteiger partial charge in [-0.05, 0) is 54.5 Å². The highest BCUT2D eigenvalue weighted by Gasteiger charge is 2.13. The molecule has 1 aromatic heterocycles. The minimum Gasteiger partial charge on any atom is -0.455 e. The molecule has 3 aromatic carbocycles. The predicted molar refractivity (Wildman–Crippen MR) is 147 cm³/mol. The van der Waals surface area contributed by atoms with Crippen molar-refractivity contribution in [3.8, 4) is 11.3 Å². The Bertz CT molecular complexity index is 1470. The minimum absolute atomic E-state index is 0.0348. The van der Waals surface area contributed by atoms with Crippen LogP contribution in [0.25, 0.3) is 17.4 Å². The maximum Gasteiger partial charge on any atom is 0.287 e. The lowest BCUT2D eigenvalue weighted by atomic mass is 10.1. The van der Waals surface area contributed by atoms with Crippen LogP contribution in [0.2, 0.25) is 5.02 Å². The van der Waals surface area contributed by atoms with Crippen molar-refractivity contribution in [2.75, 3.05) is 0 Å². The van der Waals surface area contributed by atoms with Crippen LogP contribution >= 0.6 is 11.6 Å². The van der Waals surface area contributed by atoms with E-state index < -0.39 is 11.8 Å². The van der Waals surface area contributed by atoms with Crippen LogP contribution in [-0.2, 0) is 4.79 Å². The molecule has 0 unspecified atom stereocenters. The van der Waals surface area contributed by atoms with E-state index in [-0.39, 0.29) is 5.70 Å². The van der Waals surface area contributed by atoms with Gasteiger partial charge in [0, 0.05) is 16.1 Å². The first kappa shape index (κ1) is 25.4. The van der Waals surface area contributed by atoms with Gasteiger partial charge in [0.15, 0.2) is 0 Å². The van der Waals surface area contributed by atoms with Crippen LogP contribution in [0.4, 0.5) is 0 Å². The molecule has 0 fully saturated rings. The van der Waals surface area contributed by atoms with Gasteiger partial charge in [-0.2, -0.15) is 5.10 Å². The van der Waals surface area contributed by atoms with Crippen LogP contribution in [0.5, 0.6) is 0 Å². The van der Waals surface area contributed by atoms with Gasteiger partial charge in [0.25, 0.3) is 11.8 Å². The Morgan fingerprint density at radius 3 is 2.38 bits per heavy atom. The molecule has 0 spiro atoms. The third-order valence-electron chi connectivity index (χ3n) is 5.32. The topological polar surface area (TPSA) is 83.7 Å². The predicted octanol–water partition coefficient (Wildman–Crippen LogP) is 6.39. The van der Waals surface area contributed by atoms with Crippen LogP contribution < -0.4 is 10.7 Å². The van der Waals surface area contributed by atoms with Gasteiger partial charge < -0.3 is 9.73 Å². The molecule has 0 bridgehead atoms. The molecule has 4 rings (SSSR count). The molecular formula is C30H24ClN3O3. The molecule has 4 aromatic rings. The fourth-order valence-corrected chi connectivity index (χ4v) is 3.50. The molecule has 6 nitrogen and oxygen atoms in total. The standard InChI is InChI=1S/C30H24ClN3O3/c1-21-15-16-24(19-26(21)31)28-18-17-25(37-28)20-32-34-30(36)27(14-8-11-22-9-4-2-5-10-22)33-29(35)23-12-6-3-7-13-23/h2-20H,1H3,(H,33,35)(H,34,36)/b11-8-,27-14+,32-20+. The summed E-state index contributed by atoms with van der Waals surface area (Å²) in [6, 6.07) is 27.4. The van der Waals surface area contributed by atoms with Crippen molar-refractivity contribution in [1.29, 1.82) is 0 Å². The second-order valence-electron chi connectivity index (χ2n) is 8.04. The number of allylic oxidation sites excluding steroid dienone is 2. The van der Waals surface area contributed by atoms with Gasteiger partial charge in [-0.25, -0.2) is 5.43 Å². The molecule has 1 heterocycles. The number of nitrogens with one attached hydrogen (secondary N) is 2. The first-order valence-corrected chi connectivity index (χ1v) is 11.9. The second-order valence-corrected chi connectivity index (χ2v) is 8.44. The fraction of sp³-hybridized carbons (Fsp3) is 0.0333. The summed E-state index contributed by atoms with van der Waals surface area (Å²) in [6.07, 6.45) is 6.41. The fourth-order valence-electron chi connectivity index (χ4n) is 3.32. The van der Waals surface area contributed by atoms with Gasteiger partial charge in [0.05, 0.1) is 6.21 Å². The minimum atomic E-state index is -0.588. The van der Waals surface area contributed by atoms with Gasteiger partial charge in [-0.15, -0.1) is 0 Å². The number of carbonyl (C=O) groups excluding carboxylic acids is 2. The lowest BCUT2D eigenvalue weighted by Gasteiger charge is -2.08. The largest absolute Gasteiger partial charge is 0.455 e. The first-order valence-electron chi connectivity index (χ1n) is 11.5. The van der Waals surface area contributed by atoms with E-state index in [1.54, 1.807) is 42.5 Å². The number of halogens is 1. The van der Waals surface area contributed by atoms with Gasteiger partial charge in [-0.1, -0.05) is 84.4 Å². The number of hydrogen-bond acceptors (Lipinski definition) is 4. The highest BCUT2D eigenvalue weighted by Crippen LogP contribution is 2.26. The Morgan fingerprint density at radius 2 is 1.65 bits per heavy atom. The SMILES string of the molecule is Cc1ccc(-c2ccc(/C=N/NC(=O)/C(=C\C=C/c3ccccc3)NC(=O)c3ccccc3)o2)cc1Cl. The third-order valence-corrected chi connectivity index (χ3v) is 5.73. The monoisotopic (exact) mass is 509 g/mol. The summed E-state index contributed by atoms with van der Waals surface area (Å²) in [5.74, 6) is 0.0631. The highest BCUT2D eigenvalue weighted by atomic mass is 35.5. The summed E-state index contributed by atoms with van der Waals surface area (Å²) in [4.78, 5) is 25.5. The Morgan fingerprint density at radius 1 is 0.919 bits per heavy atom. The average Bonchev–Trinajstić information content (AvgIpc) is 3.39. The van der Waals surface area contributed by atoms with E-state index in [1.807, 2.05) is 67.6 Å². The highest BCUT2D eigenvalue weighted by molar-refractivity contribution is 6.31. The summed E-state index contributed by atoms with van der Waals surface area (Å²) in [6.45, 7) is 1.93. The maximum atomic E-state index is 12.9. The van der Waals surface area contributed by atoms with Crippen LogP contribution in [0.1, 0.15) is 27.2 Å². The van der Waals surface area contributed by atoms with E-state index >= 15 is 0 Å². The Hall–Kier alpha value is -4.68. The molecule has 0 saturated carbocycles. The van der Waals surface area contributed by atoms with Crippen LogP contribution in [0, 0.1) is 6.92 Å². The number of nitrogens with zero attached hydrogens (tertiary/aromatic N) is 1. The molecule has 0 aliphatic rings. The van der Waals surface area contributed by atoms with E-state index in [9.17, 15) is 9.59 Å². The van der Waals surface area contributed by atoms with Gasteiger partial charge in [0.2, 0.25) is 0 Å². The number of aryl methyl sites for hydroxylation is 1. The molecule has 0 aliphatic carbocycles. The summed E-state index contributed by atoms with van der Waals surface area (Å²) in [5, 5.41) is 7.29. The molecule has 7 heteroatoms. The molecule has 0 aliphatic heterocycles. The normalized spacial score (nSPS) is 11.7. The van der Waals surface area contributed by atoms with Crippen LogP contribution in [0.15, 0.2) is 118 Å². The summed E-state index contributed by atoms with van der Waals surface area (Å²) < 4.78 is 5.79. The van der Waals surface area contributed by atoms with E-state index in [0.29, 0.717) is 22.1 Å². The van der Waals surface area contributed by atoms with Gasteiger partial charge in [0.1, 0.15) is 17.2 Å². The summed E-state index contributed by atoms with van der Waals surface area (Å²) >= 11 is 6.21. The van der Waals surface area contributed by atoms with Crippen molar-refractivity contribution in [2.24, 2.45) is 5.10 Å². The smallest absolute Gasteiger partial charge is 0.287 e. The number of furan rings is 1. The zero-order valence-corrected chi connectivity index (χ0v) is 20.8. The molecule has 2 N–H and O–H groups in total. The van der Waals surface area contributed by atoms with Crippen molar-refractivity contribution in [3.05, 3.63) is 136 Å². The van der Waals surface area contributed by atoms with E-state index in [2.05, 4.69) is 15.8 Å². The third kappa shape index (κ3) is 7.16. The van der Waals surface area contributed by atoms with Crippen molar-refractivity contribution in [2.45, 2.75) is 6.92 Å². The number of carbonyl (C=O) groups is 2. The molecule has 0 atom stereocenters. The van der Waals surface area contributed by atoms with Gasteiger partial charge in [-0.3, -0.25) is 9.59 Å². The zero-order chi connectivity index (χ0) is 26.0. The number of benzene rings is 3. The molecular weight excluding hydrogens is 486 g/mol. The second kappa shape index (κ2) is 12.3. The van der Waals surface area contributed by atoms with Crippen molar-refractivity contribution in [3.63, 3.8) is 0 Å². The quantitative estimate of drug-likeness (QED) is 0.125. The van der Waals surface area contributed by atoms with E-state index in [0.717, 1.165) is 16.7 Å². The number of amides is 2. The van der Waals surface area contributed by atoms with Crippen molar-refractivity contribution < 1.29 is 14.0 Å². The first-order chi connectivity index (χ1) is 18.0. The maximum absolute atomic E-state index is 12.9. The molecule has 184 valence electrons. The van der Waals surface area contributed by atoms with Crippen molar-refractivity contribution >= 4 is 35.7 Å². The molecule has 0 radical (unpaired) electrons. The van der Waals surface area contributed by atoms with E-state index in [1.165, 1.54) is 12.3 Å². The van der Waals surface area contributed by atoms with Crippen LogP contribution in [-0.4, -0.2) is 18.0 Å². The number of hydrazone groups is 1. The molecule has 0 saturated heterocycles. The average molecular weight is 510 g/mol. The van der Waals surface area contributed by atoms with Crippen molar-refractivity contribution in [1.82, 2.24) is 10.7 Å². The molecule has 37 heavy (non-hydrogen) atoms.